The highest BCUT2D eigenvalue weighted by atomic mass is 16.4. The Bertz CT molecular complexity index is 1050. The van der Waals surface area contributed by atoms with Crippen LogP contribution in [0.2, 0.25) is 0 Å². The number of nitrogens with one attached hydrogen (secondary N) is 3. The third-order valence-electron chi connectivity index (χ3n) is 6.74. The zero-order valence-electron chi connectivity index (χ0n) is 22.3. The summed E-state index contributed by atoms with van der Waals surface area (Å²) in [6.07, 6.45) is 10.8. The van der Waals surface area contributed by atoms with Gasteiger partial charge in [0.05, 0.1) is 6.04 Å². The molecule has 210 valence electrons. The van der Waals surface area contributed by atoms with Crippen LogP contribution in [0.15, 0.2) is 30.5 Å². The van der Waals surface area contributed by atoms with Crippen LogP contribution in [0, 0.1) is 0 Å². The topological polar surface area (TPSA) is 180 Å². The molecule has 0 saturated carbocycles. The Labute approximate surface area is 224 Å². The standard InChI is InChI=1S/C28H43N5O5/c1-2-3-4-5-6-7-8-9-13-21(29)27(37)32-23(15-16-25(34)35)28(38)33-24(26(30)36)17-19-18-31-22-14-11-10-12-20(19)22/h10-12,14,18,21,23-24,31H,2-9,13,15-17,29H2,1H3,(H2,30,36)(H,32,37)(H,33,38)(H,34,35)/t21?,23-,24-/m0/s1. The molecule has 0 saturated heterocycles. The number of H-pyrrole nitrogens is 1. The minimum absolute atomic E-state index is 0.142. The van der Waals surface area contributed by atoms with Crippen molar-refractivity contribution < 1.29 is 24.3 Å². The number of carboxylic acid groups (broad SMARTS) is 1. The summed E-state index contributed by atoms with van der Waals surface area (Å²) in [6.45, 7) is 2.18. The highest BCUT2D eigenvalue weighted by Gasteiger charge is 2.28. The molecule has 0 bridgehead atoms. The number of nitrogens with two attached hydrogens (primary N) is 2. The van der Waals surface area contributed by atoms with Gasteiger partial charge in [-0.3, -0.25) is 19.2 Å². The van der Waals surface area contributed by atoms with Crippen molar-refractivity contribution in [1.82, 2.24) is 15.6 Å². The Morgan fingerprint density at radius 3 is 2.18 bits per heavy atom. The number of hydrogen-bond donors (Lipinski definition) is 6. The van der Waals surface area contributed by atoms with Gasteiger partial charge >= 0.3 is 5.97 Å². The number of carboxylic acids is 1. The summed E-state index contributed by atoms with van der Waals surface area (Å²) >= 11 is 0. The molecule has 0 fully saturated rings. The molecule has 1 heterocycles. The van der Waals surface area contributed by atoms with Crippen molar-refractivity contribution >= 4 is 34.6 Å². The molecule has 0 radical (unpaired) electrons. The van der Waals surface area contributed by atoms with Crippen LogP contribution >= 0.6 is 0 Å². The number of rotatable bonds is 19. The van der Waals surface area contributed by atoms with E-state index < -0.39 is 41.8 Å². The zero-order chi connectivity index (χ0) is 27.9. The zero-order valence-corrected chi connectivity index (χ0v) is 22.3. The van der Waals surface area contributed by atoms with E-state index >= 15 is 0 Å². The first-order valence-corrected chi connectivity index (χ1v) is 13.6. The molecule has 10 heteroatoms. The Morgan fingerprint density at radius 2 is 1.53 bits per heavy atom. The number of carbonyl (C=O) groups is 4. The van der Waals surface area contributed by atoms with Crippen molar-refractivity contribution in [2.75, 3.05) is 0 Å². The average molecular weight is 530 g/mol. The highest BCUT2D eigenvalue weighted by molar-refractivity contribution is 5.93. The van der Waals surface area contributed by atoms with Crippen LogP contribution in [0.1, 0.15) is 83.1 Å². The second-order valence-electron chi connectivity index (χ2n) is 9.89. The molecule has 0 aliphatic carbocycles. The average Bonchev–Trinajstić information content (AvgIpc) is 3.29. The lowest BCUT2D eigenvalue weighted by Gasteiger charge is -2.23. The fraction of sp³-hybridized carbons (Fsp3) is 0.571. The summed E-state index contributed by atoms with van der Waals surface area (Å²) < 4.78 is 0. The number of hydrogen-bond acceptors (Lipinski definition) is 5. The van der Waals surface area contributed by atoms with Gasteiger partial charge < -0.3 is 32.2 Å². The van der Waals surface area contributed by atoms with Gasteiger partial charge in [-0.05, 0) is 24.5 Å². The van der Waals surface area contributed by atoms with Crippen molar-refractivity contribution in [2.45, 2.75) is 102 Å². The van der Waals surface area contributed by atoms with E-state index in [2.05, 4.69) is 22.5 Å². The van der Waals surface area contributed by atoms with Gasteiger partial charge in [-0.1, -0.05) is 76.5 Å². The number of carbonyl (C=O) groups excluding carboxylic acids is 3. The molecule has 3 amide bonds. The van der Waals surface area contributed by atoms with Crippen LogP contribution < -0.4 is 22.1 Å². The molecule has 10 nitrogen and oxygen atoms in total. The Hall–Kier alpha value is -3.40. The quantitative estimate of drug-likeness (QED) is 0.152. The third kappa shape index (κ3) is 10.5. The maximum atomic E-state index is 13.1. The Balaban J connectivity index is 1.93. The number of fused-ring (bicyclic) bond motifs is 1. The van der Waals surface area contributed by atoms with Gasteiger partial charge in [0.1, 0.15) is 12.1 Å². The van der Waals surface area contributed by atoms with Gasteiger partial charge in [0, 0.05) is 29.9 Å². The smallest absolute Gasteiger partial charge is 0.303 e. The molecule has 1 unspecified atom stereocenters. The number of para-hydroxylation sites is 1. The summed E-state index contributed by atoms with van der Waals surface area (Å²) in [5.41, 5.74) is 13.3. The number of amides is 3. The SMILES string of the molecule is CCCCCCCCCCC(N)C(=O)N[C@@H](CCC(=O)O)C(=O)N[C@@H](Cc1c[nH]c2ccccc12)C(N)=O. The lowest BCUT2D eigenvalue weighted by molar-refractivity contribution is -0.138. The summed E-state index contributed by atoms with van der Waals surface area (Å²) in [7, 11) is 0. The fourth-order valence-electron chi connectivity index (χ4n) is 4.46. The van der Waals surface area contributed by atoms with Crippen molar-refractivity contribution in [3.05, 3.63) is 36.0 Å². The summed E-state index contributed by atoms with van der Waals surface area (Å²) in [5.74, 6) is -3.04. The second-order valence-corrected chi connectivity index (χ2v) is 9.89. The van der Waals surface area contributed by atoms with Crippen LogP contribution in [0.25, 0.3) is 10.9 Å². The van der Waals surface area contributed by atoms with Crippen LogP contribution in [0.3, 0.4) is 0 Å². The molecule has 0 spiro atoms. The van der Waals surface area contributed by atoms with Crippen LogP contribution in [-0.2, 0) is 25.6 Å². The molecule has 0 aliphatic heterocycles. The van der Waals surface area contributed by atoms with Gasteiger partial charge in [0.15, 0.2) is 0 Å². The maximum absolute atomic E-state index is 13.1. The molecule has 3 atom stereocenters. The van der Waals surface area contributed by atoms with E-state index in [-0.39, 0.29) is 19.3 Å². The summed E-state index contributed by atoms with van der Waals surface area (Å²) in [5, 5.41) is 15.2. The van der Waals surface area contributed by atoms with Gasteiger partial charge in [0.2, 0.25) is 17.7 Å². The van der Waals surface area contributed by atoms with Crippen molar-refractivity contribution in [1.29, 1.82) is 0 Å². The molecule has 1 aromatic carbocycles. The first-order chi connectivity index (χ1) is 18.2. The summed E-state index contributed by atoms with van der Waals surface area (Å²) in [6, 6.07) is 4.52. The monoisotopic (exact) mass is 529 g/mol. The molecule has 8 N–H and O–H groups in total. The molecular formula is C28H43N5O5. The number of primary amides is 1. The van der Waals surface area contributed by atoms with E-state index in [1.165, 1.54) is 32.1 Å². The van der Waals surface area contributed by atoms with E-state index in [0.717, 1.165) is 35.7 Å². The second kappa shape index (κ2) is 16.4. The van der Waals surface area contributed by atoms with Crippen LogP contribution in [-0.4, -0.2) is 51.9 Å². The molecule has 1 aromatic heterocycles. The fourth-order valence-corrected chi connectivity index (χ4v) is 4.46. The van der Waals surface area contributed by atoms with Gasteiger partial charge in [-0.25, -0.2) is 0 Å². The van der Waals surface area contributed by atoms with E-state index in [4.69, 9.17) is 16.6 Å². The van der Waals surface area contributed by atoms with Crippen LogP contribution in [0.4, 0.5) is 0 Å². The van der Waals surface area contributed by atoms with E-state index in [9.17, 15) is 19.2 Å². The van der Waals surface area contributed by atoms with Crippen molar-refractivity contribution in [2.24, 2.45) is 11.5 Å². The molecular weight excluding hydrogens is 486 g/mol. The van der Waals surface area contributed by atoms with Crippen LogP contribution in [0.5, 0.6) is 0 Å². The number of aliphatic carboxylic acids is 1. The molecule has 0 aliphatic rings. The lowest BCUT2D eigenvalue weighted by Crippen LogP contribution is -2.55. The Kier molecular flexibility index (Phi) is 13.3. The molecule has 38 heavy (non-hydrogen) atoms. The predicted molar refractivity (Wildman–Crippen MR) is 147 cm³/mol. The first kappa shape index (κ1) is 30.8. The summed E-state index contributed by atoms with van der Waals surface area (Å²) in [4.78, 5) is 52.2. The largest absolute Gasteiger partial charge is 0.481 e. The minimum atomic E-state index is -1.16. The number of aromatic nitrogens is 1. The van der Waals surface area contributed by atoms with Gasteiger partial charge in [-0.15, -0.1) is 0 Å². The minimum Gasteiger partial charge on any atom is -0.481 e. The van der Waals surface area contributed by atoms with Gasteiger partial charge in [-0.2, -0.15) is 0 Å². The number of aromatic amines is 1. The van der Waals surface area contributed by atoms with Crippen molar-refractivity contribution in [3.8, 4) is 0 Å². The van der Waals surface area contributed by atoms with Crippen molar-refractivity contribution in [3.63, 3.8) is 0 Å². The first-order valence-electron chi connectivity index (χ1n) is 13.6. The third-order valence-corrected chi connectivity index (χ3v) is 6.74. The maximum Gasteiger partial charge on any atom is 0.303 e. The number of benzene rings is 1. The highest BCUT2D eigenvalue weighted by Crippen LogP contribution is 2.19. The number of unbranched alkanes of at least 4 members (excludes halogenated alkanes) is 7. The molecule has 2 rings (SSSR count). The normalized spacial score (nSPS) is 13.5. The predicted octanol–water partition coefficient (Wildman–Crippen LogP) is 2.89. The Morgan fingerprint density at radius 1 is 0.895 bits per heavy atom. The van der Waals surface area contributed by atoms with E-state index in [1.54, 1.807) is 6.20 Å². The van der Waals surface area contributed by atoms with E-state index in [1.807, 2.05) is 24.3 Å². The molecule has 2 aromatic rings. The van der Waals surface area contributed by atoms with Gasteiger partial charge in [0.25, 0.3) is 0 Å². The van der Waals surface area contributed by atoms with E-state index in [0.29, 0.717) is 6.42 Å². The lowest BCUT2D eigenvalue weighted by atomic mass is 10.0.